The summed E-state index contributed by atoms with van der Waals surface area (Å²) in [6.45, 7) is -0.110. The van der Waals surface area contributed by atoms with Crippen molar-refractivity contribution >= 4 is 5.91 Å². The Hall–Kier alpha value is -2.41. The van der Waals surface area contributed by atoms with E-state index < -0.39 is 17.5 Å². The molecule has 1 heterocycles. The summed E-state index contributed by atoms with van der Waals surface area (Å²) in [7, 11) is 0. The summed E-state index contributed by atoms with van der Waals surface area (Å²) in [5, 5.41) is 0. The summed E-state index contributed by atoms with van der Waals surface area (Å²) in [6, 6.07) is 4.54. The normalized spacial score (nSPS) is 10.3. The molecule has 0 saturated heterocycles. The molecule has 0 aliphatic heterocycles. The first-order valence-electron chi connectivity index (χ1n) is 5.27. The first-order chi connectivity index (χ1) is 9.11. The van der Waals surface area contributed by atoms with Crippen molar-refractivity contribution in [1.82, 2.24) is 5.43 Å². The number of furan rings is 1. The second kappa shape index (κ2) is 5.49. The van der Waals surface area contributed by atoms with E-state index in [0.717, 1.165) is 12.1 Å². The van der Waals surface area contributed by atoms with Crippen LogP contribution < -0.4 is 16.0 Å². The number of nitrogens with two attached hydrogens (primary N) is 1. The van der Waals surface area contributed by atoms with E-state index in [1.54, 1.807) is 0 Å². The lowest BCUT2D eigenvalue weighted by molar-refractivity contribution is 0.0949. The highest BCUT2D eigenvalue weighted by Crippen LogP contribution is 2.18. The van der Waals surface area contributed by atoms with E-state index in [-0.39, 0.29) is 23.7 Å². The minimum absolute atomic E-state index is 0.110. The predicted octanol–water partition coefficient (Wildman–Crippen LogP) is 1.74. The number of benzene rings is 1. The fraction of sp³-hybridized carbons (Fsp3) is 0.0833. The number of nitrogens with one attached hydrogen (secondary N) is 1. The average Bonchev–Trinajstić information content (AvgIpc) is 2.87. The van der Waals surface area contributed by atoms with Gasteiger partial charge in [-0.2, -0.15) is 0 Å². The second-order valence-electron chi connectivity index (χ2n) is 3.60. The minimum atomic E-state index is -1.02. The van der Waals surface area contributed by atoms with Gasteiger partial charge in [-0.15, -0.1) is 0 Å². The minimum Gasteiger partial charge on any atom is -0.486 e. The molecule has 5 nitrogen and oxygen atoms in total. The molecule has 3 N–H and O–H groups in total. The average molecular weight is 268 g/mol. The number of hydrogen-bond acceptors (Lipinski definition) is 4. The third-order valence-electron chi connectivity index (χ3n) is 2.38. The standard InChI is InChI=1S/C12H10F2N2O3/c13-9-2-1-7(5-10(9)14)19-6-11-8(3-4-18-11)12(17)16-15/h1-5H,6,15H2,(H,16,17). The number of hydrogen-bond donors (Lipinski definition) is 2. The van der Waals surface area contributed by atoms with Crippen molar-refractivity contribution in [3.8, 4) is 5.75 Å². The molecule has 7 heteroatoms. The Bertz CT molecular complexity index is 598. The lowest BCUT2D eigenvalue weighted by Crippen LogP contribution is -2.30. The van der Waals surface area contributed by atoms with E-state index in [4.69, 9.17) is 15.0 Å². The van der Waals surface area contributed by atoms with E-state index >= 15 is 0 Å². The first-order valence-corrected chi connectivity index (χ1v) is 5.27. The molecule has 0 aliphatic carbocycles. The van der Waals surface area contributed by atoms with Gasteiger partial charge in [0.05, 0.1) is 11.8 Å². The van der Waals surface area contributed by atoms with Gasteiger partial charge in [0.1, 0.15) is 12.4 Å². The summed E-state index contributed by atoms with van der Waals surface area (Å²) < 4.78 is 35.9. The molecule has 0 unspecified atom stereocenters. The molecule has 2 aromatic rings. The van der Waals surface area contributed by atoms with Crippen LogP contribution in [0.5, 0.6) is 5.75 Å². The van der Waals surface area contributed by atoms with Crippen LogP contribution >= 0.6 is 0 Å². The van der Waals surface area contributed by atoms with Gasteiger partial charge >= 0.3 is 0 Å². The molecule has 1 aromatic carbocycles. The molecule has 0 atom stereocenters. The molecule has 1 amide bonds. The molecular weight excluding hydrogens is 258 g/mol. The van der Waals surface area contributed by atoms with Crippen LogP contribution in [-0.2, 0) is 6.61 Å². The van der Waals surface area contributed by atoms with Gasteiger partial charge < -0.3 is 9.15 Å². The Morgan fingerprint density at radius 3 is 2.79 bits per heavy atom. The Balaban J connectivity index is 2.08. The van der Waals surface area contributed by atoms with Crippen molar-refractivity contribution in [3.05, 3.63) is 53.5 Å². The van der Waals surface area contributed by atoms with E-state index in [9.17, 15) is 13.6 Å². The fourth-order valence-electron chi connectivity index (χ4n) is 1.45. The van der Waals surface area contributed by atoms with Gasteiger partial charge in [-0.3, -0.25) is 10.2 Å². The predicted molar refractivity (Wildman–Crippen MR) is 61.1 cm³/mol. The lowest BCUT2D eigenvalue weighted by atomic mass is 10.2. The number of halogens is 2. The quantitative estimate of drug-likeness (QED) is 0.503. The zero-order valence-corrected chi connectivity index (χ0v) is 9.65. The van der Waals surface area contributed by atoms with E-state index in [2.05, 4.69) is 0 Å². The molecule has 0 fully saturated rings. The number of carbonyl (C=O) groups excluding carboxylic acids is 1. The maximum Gasteiger partial charge on any atom is 0.268 e. The summed E-state index contributed by atoms with van der Waals surface area (Å²) in [6.07, 6.45) is 1.30. The highest BCUT2D eigenvalue weighted by atomic mass is 19.2. The molecule has 100 valence electrons. The summed E-state index contributed by atoms with van der Waals surface area (Å²) in [5.41, 5.74) is 2.17. The molecule has 1 aromatic heterocycles. The maximum atomic E-state index is 12.9. The zero-order chi connectivity index (χ0) is 13.8. The van der Waals surface area contributed by atoms with Crippen LogP contribution in [0, 0.1) is 11.6 Å². The molecule has 0 aliphatic rings. The third-order valence-corrected chi connectivity index (χ3v) is 2.38. The number of nitrogen functional groups attached to an aromatic ring is 1. The van der Waals surface area contributed by atoms with E-state index in [1.807, 2.05) is 5.43 Å². The molecule has 0 spiro atoms. The van der Waals surface area contributed by atoms with Crippen molar-refractivity contribution in [2.45, 2.75) is 6.61 Å². The first kappa shape index (κ1) is 13.0. The summed E-state index contributed by atoms with van der Waals surface area (Å²) in [4.78, 5) is 11.3. The highest BCUT2D eigenvalue weighted by Gasteiger charge is 2.14. The molecule has 0 saturated carbocycles. The van der Waals surface area contributed by atoms with Crippen molar-refractivity contribution in [3.63, 3.8) is 0 Å². The molecule has 19 heavy (non-hydrogen) atoms. The zero-order valence-electron chi connectivity index (χ0n) is 9.65. The Morgan fingerprint density at radius 1 is 1.32 bits per heavy atom. The van der Waals surface area contributed by atoms with Crippen LogP contribution in [-0.4, -0.2) is 5.91 Å². The van der Waals surface area contributed by atoms with Gasteiger partial charge in [0.2, 0.25) is 0 Å². The lowest BCUT2D eigenvalue weighted by Gasteiger charge is -2.06. The van der Waals surface area contributed by atoms with Gasteiger partial charge in [0, 0.05) is 6.07 Å². The number of hydrazine groups is 1. The topological polar surface area (TPSA) is 77.5 Å². The molecule has 2 rings (SSSR count). The molecular formula is C12H10F2N2O3. The summed E-state index contributed by atoms with van der Waals surface area (Å²) >= 11 is 0. The number of carbonyl (C=O) groups is 1. The smallest absolute Gasteiger partial charge is 0.268 e. The van der Waals surface area contributed by atoms with Gasteiger partial charge in [-0.05, 0) is 18.2 Å². The van der Waals surface area contributed by atoms with Gasteiger partial charge in [-0.1, -0.05) is 0 Å². The van der Waals surface area contributed by atoms with Crippen molar-refractivity contribution in [2.24, 2.45) is 5.84 Å². The van der Waals surface area contributed by atoms with Crippen molar-refractivity contribution in [2.75, 3.05) is 0 Å². The maximum absolute atomic E-state index is 12.9. The Labute approximate surface area is 106 Å². The van der Waals surface area contributed by atoms with Crippen LogP contribution in [0.1, 0.15) is 16.1 Å². The van der Waals surface area contributed by atoms with Crippen LogP contribution in [0.4, 0.5) is 8.78 Å². The SMILES string of the molecule is NNC(=O)c1ccoc1COc1ccc(F)c(F)c1. The largest absolute Gasteiger partial charge is 0.486 e. The van der Waals surface area contributed by atoms with Gasteiger partial charge in [0.15, 0.2) is 17.4 Å². The van der Waals surface area contributed by atoms with Crippen LogP contribution in [0.15, 0.2) is 34.9 Å². The highest BCUT2D eigenvalue weighted by molar-refractivity contribution is 5.94. The van der Waals surface area contributed by atoms with Crippen molar-refractivity contribution in [1.29, 1.82) is 0 Å². The van der Waals surface area contributed by atoms with E-state index in [0.29, 0.717) is 0 Å². The Kier molecular flexibility index (Phi) is 3.76. The number of amides is 1. The van der Waals surface area contributed by atoms with Gasteiger partial charge in [0.25, 0.3) is 5.91 Å². The third kappa shape index (κ3) is 2.89. The Morgan fingerprint density at radius 2 is 2.11 bits per heavy atom. The van der Waals surface area contributed by atoms with Crippen LogP contribution in [0.25, 0.3) is 0 Å². The monoisotopic (exact) mass is 268 g/mol. The number of ether oxygens (including phenoxy) is 1. The number of rotatable bonds is 4. The summed E-state index contributed by atoms with van der Waals surface area (Å²) in [5.74, 6) is 2.84. The fourth-order valence-corrected chi connectivity index (χ4v) is 1.45. The van der Waals surface area contributed by atoms with Gasteiger partial charge in [-0.25, -0.2) is 14.6 Å². The molecule has 0 bridgehead atoms. The van der Waals surface area contributed by atoms with Crippen molar-refractivity contribution < 1.29 is 22.7 Å². The van der Waals surface area contributed by atoms with E-state index in [1.165, 1.54) is 18.4 Å². The second-order valence-corrected chi connectivity index (χ2v) is 3.60. The van der Waals surface area contributed by atoms with Crippen LogP contribution in [0.3, 0.4) is 0 Å². The molecule has 0 radical (unpaired) electrons. The van der Waals surface area contributed by atoms with Crippen LogP contribution in [0.2, 0.25) is 0 Å².